The molecule has 6 nitrogen and oxygen atoms in total. The lowest BCUT2D eigenvalue weighted by Crippen LogP contribution is -2.37. The van der Waals surface area contributed by atoms with Gasteiger partial charge in [0, 0.05) is 31.1 Å². The van der Waals surface area contributed by atoms with Gasteiger partial charge in [-0.2, -0.15) is 0 Å². The molecule has 0 bridgehead atoms. The van der Waals surface area contributed by atoms with Gasteiger partial charge in [0.25, 0.3) is 5.91 Å². The highest BCUT2D eigenvalue weighted by atomic mass is 16.5. The second-order valence-electron chi connectivity index (χ2n) is 5.33. The van der Waals surface area contributed by atoms with Gasteiger partial charge in [0.15, 0.2) is 0 Å². The van der Waals surface area contributed by atoms with Crippen LogP contribution in [0.3, 0.4) is 0 Å². The first-order valence-corrected chi connectivity index (χ1v) is 7.61. The molecule has 0 spiro atoms. The third-order valence-corrected chi connectivity index (χ3v) is 3.68. The number of nitrogens with one attached hydrogen (secondary N) is 3. The number of hydrogen-bond acceptors (Lipinski definition) is 4. The first-order chi connectivity index (χ1) is 10.7. The minimum atomic E-state index is -0.158. The van der Waals surface area contributed by atoms with Crippen LogP contribution < -0.4 is 20.7 Å². The molecule has 1 unspecified atom stereocenters. The van der Waals surface area contributed by atoms with Crippen molar-refractivity contribution in [1.82, 2.24) is 16.0 Å². The average molecular weight is 305 g/mol. The van der Waals surface area contributed by atoms with E-state index in [2.05, 4.69) is 16.0 Å². The van der Waals surface area contributed by atoms with Crippen molar-refractivity contribution >= 4 is 11.8 Å². The third kappa shape index (κ3) is 5.04. The first kappa shape index (κ1) is 16.3. The van der Waals surface area contributed by atoms with Crippen LogP contribution in [-0.4, -0.2) is 44.6 Å². The maximum absolute atomic E-state index is 11.9. The van der Waals surface area contributed by atoms with Gasteiger partial charge >= 0.3 is 0 Å². The van der Waals surface area contributed by atoms with Crippen molar-refractivity contribution in [1.29, 1.82) is 0 Å². The number of amides is 2. The van der Waals surface area contributed by atoms with Crippen LogP contribution >= 0.6 is 0 Å². The third-order valence-electron chi connectivity index (χ3n) is 3.68. The van der Waals surface area contributed by atoms with Gasteiger partial charge in [-0.25, -0.2) is 0 Å². The fraction of sp³-hybridized carbons (Fsp3) is 0.500. The fourth-order valence-corrected chi connectivity index (χ4v) is 2.45. The molecular weight excluding hydrogens is 282 g/mol. The molecule has 0 aliphatic carbocycles. The van der Waals surface area contributed by atoms with Crippen molar-refractivity contribution < 1.29 is 14.3 Å². The van der Waals surface area contributed by atoms with E-state index in [0.717, 1.165) is 19.4 Å². The molecule has 1 aromatic rings. The largest absolute Gasteiger partial charge is 0.497 e. The summed E-state index contributed by atoms with van der Waals surface area (Å²) in [7, 11) is 1.58. The summed E-state index contributed by atoms with van der Waals surface area (Å²) in [6.45, 7) is 1.85. The number of carbonyl (C=O) groups is 2. The standard InChI is InChI=1S/C16H23N3O3/c1-22-14-6-4-12(5-7-14)16(21)19-10-9-18-15(20)11-13-3-2-8-17-13/h4-7,13,17H,2-3,8-11H2,1H3,(H,18,20)(H,19,21). The van der Waals surface area contributed by atoms with Gasteiger partial charge in [-0.1, -0.05) is 0 Å². The van der Waals surface area contributed by atoms with E-state index >= 15 is 0 Å². The first-order valence-electron chi connectivity index (χ1n) is 7.61. The van der Waals surface area contributed by atoms with Crippen LogP contribution in [0.15, 0.2) is 24.3 Å². The maximum Gasteiger partial charge on any atom is 0.251 e. The summed E-state index contributed by atoms with van der Waals surface area (Å²) in [6, 6.07) is 7.20. The lowest BCUT2D eigenvalue weighted by Gasteiger charge is -2.11. The Hall–Kier alpha value is -2.08. The summed E-state index contributed by atoms with van der Waals surface area (Å²) in [5.74, 6) is 0.580. The number of methoxy groups -OCH3 is 1. The monoisotopic (exact) mass is 305 g/mol. The Balaban J connectivity index is 1.62. The Morgan fingerprint density at radius 3 is 2.59 bits per heavy atom. The van der Waals surface area contributed by atoms with E-state index in [9.17, 15) is 9.59 Å². The molecular formula is C16H23N3O3. The molecule has 22 heavy (non-hydrogen) atoms. The molecule has 6 heteroatoms. The van der Waals surface area contributed by atoms with E-state index in [1.807, 2.05) is 0 Å². The molecule has 1 atom stereocenters. The van der Waals surface area contributed by atoms with E-state index in [0.29, 0.717) is 36.9 Å². The molecule has 0 saturated carbocycles. The highest BCUT2D eigenvalue weighted by Crippen LogP contribution is 2.11. The van der Waals surface area contributed by atoms with Crippen molar-refractivity contribution in [2.75, 3.05) is 26.7 Å². The van der Waals surface area contributed by atoms with Gasteiger partial charge in [-0.05, 0) is 43.7 Å². The van der Waals surface area contributed by atoms with Crippen LogP contribution in [0.25, 0.3) is 0 Å². The second kappa shape index (κ2) is 8.38. The van der Waals surface area contributed by atoms with E-state index in [1.54, 1.807) is 31.4 Å². The van der Waals surface area contributed by atoms with E-state index in [4.69, 9.17) is 4.74 Å². The van der Waals surface area contributed by atoms with Crippen molar-refractivity contribution in [2.45, 2.75) is 25.3 Å². The van der Waals surface area contributed by atoms with E-state index in [-0.39, 0.29) is 11.8 Å². The van der Waals surface area contributed by atoms with Crippen molar-refractivity contribution in [3.8, 4) is 5.75 Å². The zero-order valence-corrected chi connectivity index (χ0v) is 12.9. The molecule has 0 aromatic heterocycles. The fourth-order valence-electron chi connectivity index (χ4n) is 2.45. The summed E-state index contributed by atoms with van der Waals surface area (Å²) in [6.07, 6.45) is 2.70. The van der Waals surface area contributed by atoms with Crippen LogP contribution in [0.4, 0.5) is 0 Å². The Morgan fingerprint density at radius 1 is 1.23 bits per heavy atom. The second-order valence-corrected chi connectivity index (χ2v) is 5.33. The molecule has 1 heterocycles. The van der Waals surface area contributed by atoms with E-state index < -0.39 is 0 Å². The average Bonchev–Trinajstić information content (AvgIpc) is 3.04. The van der Waals surface area contributed by atoms with Gasteiger partial charge < -0.3 is 20.7 Å². The Kier molecular flexibility index (Phi) is 6.21. The molecule has 1 aliphatic heterocycles. The summed E-state index contributed by atoms with van der Waals surface area (Å²) < 4.78 is 5.04. The predicted molar refractivity (Wildman–Crippen MR) is 84.0 cm³/mol. The Morgan fingerprint density at radius 2 is 1.95 bits per heavy atom. The highest BCUT2D eigenvalue weighted by molar-refractivity contribution is 5.94. The van der Waals surface area contributed by atoms with Gasteiger partial charge in [-0.15, -0.1) is 0 Å². The summed E-state index contributed by atoms with van der Waals surface area (Å²) in [5, 5.41) is 8.88. The summed E-state index contributed by atoms with van der Waals surface area (Å²) in [4.78, 5) is 23.6. The maximum atomic E-state index is 11.9. The molecule has 2 rings (SSSR count). The number of rotatable bonds is 7. The van der Waals surface area contributed by atoms with Crippen molar-refractivity contribution in [3.63, 3.8) is 0 Å². The summed E-state index contributed by atoms with van der Waals surface area (Å²) in [5.41, 5.74) is 0.572. The van der Waals surface area contributed by atoms with Crippen LogP contribution in [0.5, 0.6) is 5.75 Å². The molecule has 2 amide bonds. The van der Waals surface area contributed by atoms with Crippen molar-refractivity contribution in [3.05, 3.63) is 29.8 Å². The molecule has 120 valence electrons. The molecule has 1 aliphatic rings. The molecule has 0 radical (unpaired) electrons. The lowest BCUT2D eigenvalue weighted by molar-refractivity contribution is -0.121. The molecule has 1 aromatic carbocycles. The predicted octanol–water partition coefficient (Wildman–Crippen LogP) is 0.683. The van der Waals surface area contributed by atoms with Gasteiger partial charge in [0.1, 0.15) is 5.75 Å². The highest BCUT2D eigenvalue weighted by Gasteiger charge is 2.17. The van der Waals surface area contributed by atoms with Crippen LogP contribution in [0, 0.1) is 0 Å². The normalized spacial score (nSPS) is 17.0. The zero-order chi connectivity index (χ0) is 15.8. The zero-order valence-electron chi connectivity index (χ0n) is 12.9. The Labute approximate surface area is 130 Å². The number of benzene rings is 1. The minimum absolute atomic E-state index is 0.0260. The summed E-state index contributed by atoms with van der Waals surface area (Å²) >= 11 is 0. The minimum Gasteiger partial charge on any atom is -0.497 e. The van der Waals surface area contributed by atoms with Gasteiger partial charge in [-0.3, -0.25) is 9.59 Å². The number of carbonyl (C=O) groups excluding carboxylic acids is 2. The quantitative estimate of drug-likeness (QED) is 0.647. The SMILES string of the molecule is COc1ccc(C(=O)NCCNC(=O)CC2CCCN2)cc1. The Bertz CT molecular complexity index is 496. The topological polar surface area (TPSA) is 79.5 Å². The van der Waals surface area contributed by atoms with Crippen LogP contribution in [0.2, 0.25) is 0 Å². The van der Waals surface area contributed by atoms with Gasteiger partial charge in [0.05, 0.1) is 7.11 Å². The van der Waals surface area contributed by atoms with Crippen molar-refractivity contribution in [2.24, 2.45) is 0 Å². The molecule has 3 N–H and O–H groups in total. The van der Waals surface area contributed by atoms with Crippen LogP contribution in [-0.2, 0) is 4.79 Å². The van der Waals surface area contributed by atoms with Crippen LogP contribution in [0.1, 0.15) is 29.6 Å². The van der Waals surface area contributed by atoms with Gasteiger partial charge in [0.2, 0.25) is 5.91 Å². The lowest BCUT2D eigenvalue weighted by atomic mass is 10.1. The van der Waals surface area contributed by atoms with E-state index in [1.165, 1.54) is 0 Å². The number of hydrogen-bond donors (Lipinski definition) is 3. The smallest absolute Gasteiger partial charge is 0.251 e. The molecule has 1 fully saturated rings. The number of ether oxygens (including phenoxy) is 1. The molecule has 1 saturated heterocycles.